The molecular formula is C23H23N7OS. The molecule has 0 aliphatic heterocycles. The Morgan fingerprint density at radius 3 is 2.91 bits per heavy atom. The Hall–Kier alpha value is -3.35. The zero-order valence-corrected chi connectivity index (χ0v) is 18.0. The molecule has 32 heavy (non-hydrogen) atoms. The molecule has 2 N–H and O–H groups in total. The van der Waals surface area contributed by atoms with Crippen molar-refractivity contribution in [3.63, 3.8) is 0 Å². The highest BCUT2D eigenvalue weighted by molar-refractivity contribution is 7.14. The van der Waals surface area contributed by atoms with Gasteiger partial charge in [-0.2, -0.15) is 5.26 Å². The fourth-order valence-electron chi connectivity index (χ4n) is 4.22. The minimum atomic E-state index is -2.41. The van der Waals surface area contributed by atoms with Crippen molar-refractivity contribution in [3.8, 4) is 22.5 Å². The fraction of sp³-hybridized carbons (Fsp3) is 0.348. The summed E-state index contributed by atoms with van der Waals surface area (Å²) in [6.07, 6.45) is 8.72. The monoisotopic (exact) mass is 448 g/mol. The van der Waals surface area contributed by atoms with Gasteiger partial charge in [-0.1, -0.05) is 11.3 Å². The first-order valence-electron chi connectivity index (χ1n) is 11.9. The van der Waals surface area contributed by atoms with E-state index >= 15 is 0 Å². The molecule has 0 saturated heterocycles. The molecule has 8 nitrogen and oxygen atoms in total. The highest BCUT2D eigenvalue weighted by atomic mass is 32.1. The minimum Gasteiger partial charge on any atom is -0.396 e. The van der Waals surface area contributed by atoms with E-state index in [2.05, 4.69) is 31.6 Å². The Kier molecular flexibility index (Phi) is 4.66. The SMILES string of the molecule is [2H]C([2H])([2H])Nc1cc(-n2ccc3cc(C#N)cnc32)ncc1-c1nnc(C2CCC(CO)CC2)s1. The van der Waals surface area contributed by atoms with E-state index in [0.717, 1.165) is 36.1 Å². The summed E-state index contributed by atoms with van der Waals surface area (Å²) in [7, 11) is 0. The molecular weight excluding hydrogens is 422 g/mol. The summed E-state index contributed by atoms with van der Waals surface area (Å²) in [4.78, 5) is 8.94. The number of hydrogen-bond donors (Lipinski definition) is 2. The van der Waals surface area contributed by atoms with Gasteiger partial charge in [-0.15, -0.1) is 10.2 Å². The third-order valence-electron chi connectivity index (χ3n) is 6.05. The Balaban J connectivity index is 1.50. The smallest absolute Gasteiger partial charge is 0.151 e. The van der Waals surface area contributed by atoms with Gasteiger partial charge in [0.05, 0.1) is 11.1 Å². The van der Waals surface area contributed by atoms with Crippen LogP contribution in [0.1, 0.15) is 46.3 Å². The van der Waals surface area contributed by atoms with Gasteiger partial charge in [-0.3, -0.25) is 4.57 Å². The van der Waals surface area contributed by atoms with E-state index in [-0.39, 0.29) is 6.61 Å². The van der Waals surface area contributed by atoms with Crippen LogP contribution in [0.2, 0.25) is 0 Å². The Bertz CT molecular complexity index is 1400. The van der Waals surface area contributed by atoms with E-state index in [1.165, 1.54) is 17.5 Å². The molecule has 1 saturated carbocycles. The fourth-order valence-corrected chi connectivity index (χ4v) is 5.26. The number of hydrogen-bond acceptors (Lipinski definition) is 8. The van der Waals surface area contributed by atoms with Crippen LogP contribution in [0.25, 0.3) is 27.4 Å². The summed E-state index contributed by atoms with van der Waals surface area (Å²) in [5, 5.41) is 32.2. The number of rotatable bonds is 5. The molecule has 9 heteroatoms. The zero-order chi connectivity index (χ0) is 24.6. The largest absolute Gasteiger partial charge is 0.396 e. The summed E-state index contributed by atoms with van der Waals surface area (Å²) in [5.41, 5.74) is 2.01. The van der Waals surface area contributed by atoms with E-state index in [1.54, 1.807) is 29.1 Å². The average Bonchev–Trinajstić information content (AvgIpc) is 3.50. The molecule has 4 aromatic rings. The van der Waals surface area contributed by atoms with Gasteiger partial charge in [0.25, 0.3) is 0 Å². The molecule has 1 aliphatic carbocycles. The average molecular weight is 449 g/mol. The number of nitrogens with one attached hydrogen (secondary N) is 1. The molecule has 0 spiro atoms. The number of fused-ring (bicyclic) bond motifs is 1. The predicted molar refractivity (Wildman–Crippen MR) is 124 cm³/mol. The van der Waals surface area contributed by atoms with Crippen LogP contribution in [0.4, 0.5) is 5.69 Å². The molecule has 0 amide bonds. The molecule has 0 aromatic carbocycles. The van der Waals surface area contributed by atoms with Crippen molar-refractivity contribution in [1.82, 2.24) is 24.7 Å². The van der Waals surface area contributed by atoms with Gasteiger partial charge in [-0.25, -0.2) is 9.97 Å². The van der Waals surface area contributed by atoms with E-state index in [0.29, 0.717) is 45.1 Å². The second-order valence-electron chi connectivity index (χ2n) is 7.99. The number of aliphatic hydroxyl groups excluding tert-OH is 1. The standard InChI is InChI=1S/C23H23N7OS/c1-25-19-9-20(30-7-6-17-8-15(10-24)11-27-21(17)30)26-12-18(19)23-29-28-22(32-23)16-4-2-14(13-31)3-5-16/h6-9,11-12,14,16,31H,2-5,13H2,1H3,(H,25,26)/i1D3. The first-order valence-corrected chi connectivity index (χ1v) is 11.3. The maximum absolute atomic E-state index is 9.39. The van der Waals surface area contributed by atoms with E-state index < -0.39 is 6.98 Å². The Morgan fingerprint density at radius 2 is 2.12 bits per heavy atom. The van der Waals surface area contributed by atoms with Crippen molar-refractivity contribution < 1.29 is 9.22 Å². The molecule has 4 aromatic heterocycles. The quantitative estimate of drug-likeness (QED) is 0.472. The highest BCUT2D eigenvalue weighted by Crippen LogP contribution is 2.39. The number of nitrogens with zero attached hydrogens (tertiary/aromatic N) is 6. The van der Waals surface area contributed by atoms with Crippen molar-refractivity contribution in [2.45, 2.75) is 31.6 Å². The van der Waals surface area contributed by atoms with Crippen LogP contribution < -0.4 is 5.32 Å². The van der Waals surface area contributed by atoms with E-state index in [9.17, 15) is 5.11 Å². The number of pyridine rings is 2. The molecule has 162 valence electrons. The predicted octanol–water partition coefficient (Wildman–Crippen LogP) is 4.12. The van der Waals surface area contributed by atoms with Gasteiger partial charge < -0.3 is 10.4 Å². The third kappa shape index (κ3) is 3.72. The lowest BCUT2D eigenvalue weighted by molar-refractivity contribution is 0.182. The second-order valence-corrected chi connectivity index (χ2v) is 9.00. The first kappa shape index (κ1) is 17.2. The molecule has 0 unspecified atom stereocenters. The summed E-state index contributed by atoms with van der Waals surface area (Å²) >= 11 is 1.45. The van der Waals surface area contributed by atoms with Gasteiger partial charge in [0.2, 0.25) is 0 Å². The number of aliphatic hydroxyl groups is 1. The van der Waals surface area contributed by atoms with Crippen LogP contribution in [0.3, 0.4) is 0 Å². The molecule has 5 rings (SSSR count). The van der Waals surface area contributed by atoms with Gasteiger partial charge in [0.15, 0.2) is 5.01 Å². The van der Waals surface area contributed by atoms with Crippen LogP contribution in [0.5, 0.6) is 0 Å². The molecule has 1 aliphatic rings. The van der Waals surface area contributed by atoms with Crippen LogP contribution in [0.15, 0.2) is 36.8 Å². The number of aromatic nitrogens is 5. The van der Waals surface area contributed by atoms with Gasteiger partial charge >= 0.3 is 0 Å². The lowest BCUT2D eigenvalue weighted by atomic mass is 9.83. The molecule has 0 bridgehead atoms. The highest BCUT2D eigenvalue weighted by Gasteiger charge is 2.25. The minimum absolute atomic E-state index is 0.224. The number of anilines is 1. The van der Waals surface area contributed by atoms with Crippen LogP contribution in [0, 0.1) is 17.2 Å². The van der Waals surface area contributed by atoms with Gasteiger partial charge in [0, 0.05) is 59.3 Å². The van der Waals surface area contributed by atoms with Gasteiger partial charge in [0.1, 0.15) is 22.5 Å². The molecule has 0 radical (unpaired) electrons. The second kappa shape index (κ2) is 8.65. The van der Waals surface area contributed by atoms with Crippen molar-refractivity contribution in [2.75, 3.05) is 18.9 Å². The first-order chi connectivity index (χ1) is 16.8. The Labute approximate surface area is 193 Å². The maximum Gasteiger partial charge on any atom is 0.151 e. The van der Waals surface area contributed by atoms with E-state index in [1.807, 2.05) is 6.07 Å². The zero-order valence-electron chi connectivity index (χ0n) is 20.2. The summed E-state index contributed by atoms with van der Waals surface area (Å²) in [5.74, 6) is 1.14. The van der Waals surface area contributed by atoms with Crippen molar-refractivity contribution in [3.05, 3.63) is 47.4 Å². The van der Waals surface area contributed by atoms with Crippen LogP contribution in [-0.2, 0) is 0 Å². The van der Waals surface area contributed by atoms with Gasteiger partial charge in [-0.05, 0) is 43.7 Å². The van der Waals surface area contributed by atoms with Crippen molar-refractivity contribution >= 4 is 28.1 Å². The summed E-state index contributed by atoms with van der Waals surface area (Å²) in [6.45, 7) is -2.19. The molecule has 0 atom stereocenters. The van der Waals surface area contributed by atoms with Crippen LogP contribution in [-0.4, -0.2) is 43.4 Å². The van der Waals surface area contributed by atoms with Crippen LogP contribution >= 0.6 is 11.3 Å². The topological polar surface area (TPSA) is 113 Å². The number of nitriles is 1. The van der Waals surface area contributed by atoms with Crippen molar-refractivity contribution in [1.29, 1.82) is 5.26 Å². The summed E-state index contributed by atoms with van der Waals surface area (Å²) in [6, 6.07) is 7.31. The Morgan fingerprint density at radius 1 is 1.25 bits per heavy atom. The lowest BCUT2D eigenvalue weighted by Crippen LogP contribution is -2.15. The molecule has 4 heterocycles. The summed E-state index contributed by atoms with van der Waals surface area (Å²) < 4.78 is 25.0. The molecule has 1 fully saturated rings. The normalized spacial score (nSPS) is 20.3. The lowest BCUT2D eigenvalue weighted by Gasteiger charge is -2.25. The van der Waals surface area contributed by atoms with Crippen molar-refractivity contribution in [2.24, 2.45) is 5.92 Å². The maximum atomic E-state index is 9.39. The third-order valence-corrected chi connectivity index (χ3v) is 7.17. The van der Waals surface area contributed by atoms with E-state index in [4.69, 9.17) is 9.37 Å².